The van der Waals surface area contributed by atoms with Crippen LogP contribution in [-0.4, -0.2) is 61.5 Å². The molecule has 47 heavy (non-hydrogen) atoms. The average molecular weight is 658 g/mol. The first kappa shape index (κ1) is 32.7. The second kappa shape index (κ2) is 13.9. The Morgan fingerprint density at radius 1 is 1.00 bits per heavy atom. The largest absolute Gasteiger partial charge is 0.361 e. The number of nitrogens with zero attached hydrogens (tertiary/aromatic N) is 4. The molecule has 3 heterocycles. The van der Waals surface area contributed by atoms with E-state index in [9.17, 15) is 14.4 Å². The lowest BCUT2D eigenvalue weighted by Crippen LogP contribution is -2.52. The zero-order valence-corrected chi connectivity index (χ0v) is 28.1. The van der Waals surface area contributed by atoms with E-state index in [1.807, 2.05) is 71.2 Å². The van der Waals surface area contributed by atoms with E-state index in [0.717, 1.165) is 41.3 Å². The van der Waals surface area contributed by atoms with E-state index < -0.39 is 17.5 Å². The number of para-hydroxylation sites is 1. The van der Waals surface area contributed by atoms with Gasteiger partial charge in [0.05, 0.1) is 18.0 Å². The Labute approximate surface area is 280 Å². The molecular weight excluding hydrogens is 614 g/mol. The third-order valence-electron chi connectivity index (χ3n) is 9.61. The number of H-pyrrole nitrogens is 1. The number of rotatable bonds is 6. The minimum atomic E-state index is -0.794. The van der Waals surface area contributed by atoms with Crippen molar-refractivity contribution in [3.05, 3.63) is 82.5 Å². The molecule has 2 aromatic heterocycles. The summed E-state index contributed by atoms with van der Waals surface area (Å²) in [5.41, 5.74) is 2.31. The highest BCUT2D eigenvalue weighted by Gasteiger charge is 2.47. The fourth-order valence-electron chi connectivity index (χ4n) is 7.05. The van der Waals surface area contributed by atoms with Crippen LogP contribution < -0.4 is 10.6 Å². The Morgan fingerprint density at radius 2 is 1.77 bits per heavy atom. The molecule has 6 rings (SSSR count). The standard InChI is InChI=1S/C36H44ClN7O3/c1-23(2)20-30-33-39-24(3)42-44(33)19-18-43(35(47)36(15-7-16-36)26-11-13-27(37)14-12-26)17-6-10-32(45)40-31(34(46)41-30)21-25-22-38-29-9-5-4-8-28(25)29/h4-5,8-9,11-14,22-23,30-31,38H,6-7,10,15-21H2,1-3H3,(H,40,45)(H,41,46)/t30-,31+/m0/s1. The van der Waals surface area contributed by atoms with Gasteiger partial charge in [0.25, 0.3) is 0 Å². The van der Waals surface area contributed by atoms with Gasteiger partial charge in [0.1, 0.15) is 17.7 Å². The lowest BCUT2D eigenvalue weighted by Gasteiger charge is -2.44. The predicted octanol–water partition coefficient (Wildman–Crippen LogP) is 5.40. The number of benzene rings is 2. The highest BCUT2D eigenvalue weighted by Crippen LogP contribution is 2.45. The van der Waals surface area contributed by atoms with Crippen LogP contribution in [0, 0.1) is 12.8 Å². The van der Waals surface area contributed by atoms with Crippen LogP contribution in [0.2, 0.25) is 5.02 Å². The summed E-state index contributed by atoms with van der Waals surface area (Å²) in [6.45, 7) is 7.30. The molecule has 0 saturated heterocycles. The van der Waals surface area contributed by atoms with Crippen molar-refractivity contribution in [2.24, 2.45) is 5.92 Å². The maximum absolute atomic E-state index is 14.4. The van der Waals surface area contributed by atoms with Crippen molar-refractivity contribution in [2.75, 3.05) is 13.1 Å². The summed E-state index contributed by atoms with van der Waals surface area (Å²) < 4.78 is 1.84. The van der Waals surface area contributed by atoms with Crippen LogP contribution in [0.15, 0.2) is 54.7 Å². The minimum absolute atomic E-state index is 0.0706. The summed E-state index contributed by atoms with van der Waals surface area (Å²) in [4.78, 5) is 51.8. The Hall–Kier alpha value is -4.18. The van der Waals surface area contributed by atoms with Crippen molar-refractivity contribution >= 4 is 40.2 Å². The van der Waals surface area contributed by atoms with Gasteiger partial charge >= 0.3 is 0 Å². The van der Waals surface area contributed by atoms with Gasteiger partial charge in [-0.3, -0.25) is 14.4 Å². The fourth-order valence-corrected chi connectivity index (χ4v) is 7.18. The number of aromatic amines is 1. The third kappa shape index (κ3) is 7.07. The molecule has 2 atom stereocenters. The van der Waals surface area contributed by atoms with Crippen LogP contribution in [-0.2, 0) is 32.8 Å². The maximum Gasteiger partial charge on any atom is 0.243 e. The Morgan fingerprint density at radius 3 is 2.49 bits per heavy atom. The number of aryl methyl sites for hydroxylation is 1. The van der Waals surface area contributed by atoms with E-state index in [1.54, 1.807) is 0 Å². The number of amides is 3. The second-order valence-electron chi connectivity index (χ2n) is 13.5. The fraction of sp³-hybridized carbons (Fsp3) is 0.472. The molecule has 0 radical (unpaired) electrons. The lowest BCUT2D eigenvalue weighted by atomic mass is 9.63. The van der Waals surface area contributed by atoms with Gasteiger partial charge in [-0.2, -0.15) is 5.10 Å². The van der Waals surface area contributed by atoms with E-state index in [2.05, 4.69) is 29.5 Å². The number of hydrogen-bond acceptors (Lipinski definition) is 5. The number of aromatic nitrogens is 4. The molecule has 4 aromatic rings. The van der Waals surface area contributed by atoms with Crippen LogP contribution >= 0.6 is 11.6 Å². The van der Waals surface area contributed by atoms with Gasteiger partial charge in [-0.25, -0.2) is 9.67 Å². The third-order valence-corrected chi connectivity index (χ3v) is 9.86. The lowest BCUT2D eigenvalue weighted by molar-refractivity contribution is -0.141. The highest BCUT2D eigenvalue weighted by molar-refractivity contribution is 6.30. The van der Waals surface area contributed by atoms with Gasteiger partial charge in [0.15, 0.2) is 0 Å². The number of nitrogens with one attached hydrogen (secondary N) is 3. The van der Waals surface area contributed by atoms with Crippen molar-refractivity contribution in [1.29, 1.82) is 0 Å². The molecule has 1 fully saturated rings. The zero-order chi connectivity index (χ0) is 33.1. The van der Waals surface area contributed by atoms with Crippen molar-refractivity contribution < 1.29 is 14.4 Å². The van der Waals surface area contributed by atoms with Crippen molar-refractivity contribution in [2.45, 2.75) is 89.8 Å². The van der Waals surface area contributed by atoms with Gasteiger partial charge in [0.2, 0.25) is 17.7 Å². The van der Waals surface area contributed by atoms with Crippen LogP contribution in [0.4, 0.5) is 0 Å². The molecule has 2 aromatic carbocycles. The predicted molar refractivity (Wildman–Crippen MR) is 182 cm³/mol. The molecule has 2 aliphatic rings. The molecule has 0 spiro atoms. The summed E-state index contributed by atoms with van der Waals surface area (Å²) >= 11 is 6.19. The van der Waals surface area contributed by atoms with E-state index in [1.165, 1.54) is 0 Å². The molecule has 3 amide bonds. The van der Waals surface area contributed by atoms with E-state index in [-0.39, 0.29) is 30.1 Å². The second-order valence-corrected chi connectivity index (χ2v) is 13.9. The number of fused-ring (bicyclic) bond motifs is 2. The topological polar surface area (TPSA) is 125 Å². The Bertz CT molecular complexity index is 1740. The molecule has 1 aliphatic carbocycles. The molecule has 10 nitrogen and oxygen atoms in total. The number of halogens is 1. The Balaban J connectivity index is 1.32. The summed E-state index contributed by atoms with van der Waals surface area (Å²) in [6, 6.07) is 14.3. The van der Waals surface area contributed by atoms with Crippen molar-refractivity contribution in [3.8, 4) is 0 Å². The average Bonchev–Trinajstić information content (AvgIpc) is 3.60. The molecule has 11 heteroatoms. The van der Waals surface area contributed by atoms with Crippen LogP contribution in [0.1, 0.15) is 81.2 Å². The highest BCUT2D eigenvalue weighted by atomic mass is 35.5. The van der Waals surface area contributed by atoms with E-state index >= 15 is 0 Å². The molecule has 1 aliphatic heterocycles. The molecule has 0 unspecified atom stereocenters. The SMILES string of the molecule is Cc1nc2n(n1)CCN(C(=O)C1(c3ccc(Cl)cc3)CCC1)CCCC(=O)N[C@H](Cc1c[nH]c3ccccc13)C(=O)N[C@H]2CC(C)C. The Kier molecular flexibility index (Phi) is 9.68. The summed E-state index contributed by atoms with van der Waals surface area (Å²) in [5, 5.41) is 12.6. The summed E-state index contributed by atoms with van der Waals surface area (Å²) in [5.74, 6) is 1.10. The minimum Gasteiger partial charge on any atom is -0.361 e. The molecule has 3 N–H and O–H groups in total. The van der Waals surface area contributed by atoms with Crippen LogP contribution in [0.25, 0.3) is 10.9 Å². The number of hydrogen-bond donors (Lipinski definition) is 3. The number of carbonyl (C=O) groups is 3. The molecule has 248 valence electrons. The van der Waals surface area contributed by atoms with Gasteiger partial charge in [-0.15, -0.1) is 0 Å². The molecular formula is C36H44ClN7O3. The van der Waals surface area contributed by atoms with Gasteiger partial charge in [0, 0.05) is 48.1 Å². The first-order valence-electron chi connectivity index (χ1n) is 16.7. The molecule has 0 bridgehead atoms. The first-order chi connectivity index (χ1) is 22.6. The van der Waals surface area contributed by atoms with Gasteiger partial charge in [-0.1, -0.05) is 62.2 Å². The van der Waals surface area contributed by atoms with Crippen LogP contribution in [0.3, 0.4) is 0 Å². The van der Waals surface area contributed by atoms with E-state index in [0.29, 0.717) is 55.6 Å². The first-order valence-corrected chi connectivity index (χ1v) is 17.1. The van der Waals surface area contributed by atoms with Gasteiger partial charge in [-0.05, 0) is 67.9 Å². The zero-order valence-electron chi connectivity index (χ0n) is 27.4. The number of carbonyl (C=O) groups excluding carboxylic acids is 3. The smallest absolute Gasteiger partial charge is 0.243 e. The molecule has 1 saturated carbocycles. The monoisotopic (exact) mass is 657 g/mol. The summed E-state index contributed by atoms with van der Waals surface area (Å²) in [6.07, 6.45) is 6.06. The van der Waals surface area contributed by atoms with Crippen molar-refractivity contribution in [3.63, 3.8) is 0 Å². The van der Waals surface area contributed by atoms with Crippen LogP contribution in [0.5, 0.6) is 0 Å². The van der Waals surface area contributed by atoms with Gasteiger partial charge < -0.3 is 20.5 Å². The maximum atomic E-state index is 14.4. The van der Waals surface area contributed by atoms with E-state index in [4.69, 9.17) is 21.7 Å². The van der Waals surface area contributed by atoms with Crippen molar-refractivity contribution in [1.82, 2.24) is 35.3 Å². The quantitative estimate of drug-likeness (QED) is 0.256. The normalized spacial score (nSPS) is 20.7. The summed E-state index contributed by atoms with van der Waals surface area (Å²) in [7, 11) is 0.